The van der Waals surface area contributed by atoms with Crippen LogP contribution in [0, 0.1) is 23.0 Å². The first kappa shape index (κ1) is 31.4. The van der Waals surface area contributed by atoms with Gasteiger partial charge in [-0.05, 0) is 45.4 Å². The van der Waals surface area contributed by atoms with Gasteiger partial charge in [0.15, 0.2) is 17.4 Å². The SMILES string of the molecule is C[C@H](c1cccnc1N)N1CCOc2c(Cl)c(-c3ncc(F)c4sc(NC(=O)OC(C)(C)C)c(C#N)c34)c(F)c3nc(Cl)nc1c23. The van der Waals surface area contributed by atoms with Crippen LogP contribution in [0.15, 0.2) is 24.5 Å². The van der Waals surface area contributed by atoms with Crippen molar-refractivity contribution in [1.29, 1.82) is 5.26 Å². The highest BCUT2D eigenvalue weighted by Gasteiger charge is 2.34. The van der Waals surface area contributed by atoms with E-state index in [0.717, 1.165) is 17.5 Å². The van der Waals surface area contributed by atoms with Crippen LogP contribution in [0.3, 0.4) is 0 Å². The third kappa shape index (κ3) is 5.34. The topological polar surface area (TPSA) is 152 Å². The molecule has 16 heteroatoms. The number of nitriles is 1. The fourth-order valence-electron chi connectivity index (χ4n) is 5.31. The van der Waals surface area contributed by atoms with E-state index in [1.165, 1.54) is 0 Å². The fourth-order valence-corrected chi connectivity index (χ4v) is 6.84. The summed E-state index contributed by atoms with van der Waals surface area (Å²) in [6.45, 7) is 7.26. The minimum absolute atomic E-state index is 0.0152. The normalized spacial score (nSPS) is 13.7. The smallest absolute Gasteiger partial charge is 0.412 e. The first-order valence-corrected chi connectivity index (χ1v) is 15.4. The Kier molecular flexibility index (Phi) is 7.95. The molecule has 11 nitrogen and oxygen atoms in total. The number of hydrogen-bond acceptors (Lipinski definition) is 11. The van der Waals surface area contributed by atoms with Gasteiger partial charge in [0.05, 0.1) is 50.7 Å². The zero-order valence-electron chi connectivity index (χ0n) is 24.7. The third-order valence-corrected chi connectivity index (χ3v) is 8.85. The number of benzene rings is 1. The maximum Gasteiger partial charge on any atom is 0.412 e. The van der Waals surface area contributed by atoms with E-state index in [1.807, 2.05) is 24.0 Å². The minimum Gasteiger partial charge on any atom is -0.489 e. The molecule has 1 aliphatic heterocycles. The first-order chi connectivity index (χ1) is 21.8. The van der Waals surface area contributed by atoms with E-state index in [9.17, 15) is 10.1 Å². The second-order valence-corrected chi connectivity index (χ2v) is 13.0. The summed E-state index contributed by atoms with van der Waals surface area (Å²) in [5, 5.41) is 12.2. The molecule has 46 heavy (non-hydrogen) atoms. The number of nitrogens with zero attached hydrogens (tertiary/aromatic N) is 6. The quantitative estimate of drug-likeness (QED) is 0.181. The van der Waals surface area contributed by atoms with Crippen molar-refractivity contribution < 1.29 is 23.0 Å². The molecule has 5 aromatic rings. The highest BCUT2D eigenvalue weighted by atomic mass is 35.5. The summed E-state index contributed by atoms with van der Waals surface area (Å²) in [4.78, 5) is 31.4. The Morgan fingerprint density at radius 3 is 2.72 bits per heavy atom. The molecule has 1 amide bonds. The van der Waals surface area contributed by atoms with Gasteiger partial charge in [0, 0.05) is 17.1 Å². The number of fused-ring (bicyclic) bond motifs is 1. The number of halogens is 4. The van der Waals surface area contributed by atoms with Gasteiger partial charge in [-0.1, -0.05) is 17.7 Å². The van der Waals surface area contributed by atoms with Crippen LogP contribution in [-0.2, 0) is 4.74 Å². The molecular weight excluding hydrogens is 661 g/mol. The zero-order chi connectivity index (χ0) is 33.1. The maximum atomic E-state index is 16.8. The molecule has 3 N–H and O–H groups in total. The van der Waals surface area contributed by atoms with Crippen molar-refractivity contribution in [1.82, 2.24) is 19.9 Å². The summed E-state index contributed by atoms with van der Waals surface area (Å²) in [6.07, 6.45) is 1.59. The lowest BCUT2D eigenvalue weighted by atomic mass is 10.0. The standard InChI is InChI=1S/C30H24Cl2F2N8O3S/c1-12(13-6-5-7-37-25(13)36)42-8-9-44-23-18-22(39-28(32)40-26(18)42)20(34)17(19(23)31)21-16-14(10-35)27(41-29(43)45-30(2,3)4)46-24(16)15(33)11-38-21/h5-7,11-12H,8-9H2,1-4H3,(H2,36,37)(H,41,43)/t12-/m1/s1. The van der Waals surface area contributed by atoms with E-state index >= 15 is 8.78 Å². The fraction of sp³-hybridized carbons (Fsp3) is 0.267. The van der Waals surface area contributed by atoms with Crippen LogP contribution in [0.5, 0.6) is 5.75 Å². The van der Waals surface area contributed by atoms with E-state index in [-0.39, 0.29) is 77.8 Å². The van der Waals surface area contributed by atoms with Crippen LogP contribution in [0.1, 0.15) is 44.9 Å². The van der Waals surface area contributed by atoms with Crippen LogP contribution in [0.2, 0.25) is 10.3 Å². The Hall–Kier alpha value is -4.58. The van der Waals surface area contributed by atoms with Gasteiger partial charge >= 0.3 is 6.09 Å². The molecule has 1 aliphatic rings. The van der Waals surface area contributed by atoms with Crippen molar-refractivity contribution in [3.05, 3.63) is 57.6 Å². The van der Waals surface area contributed by atoms with Gasteiger partial charge in [-0.15, -0.1) is 11.3 Å². The summed E-state index contributed by atoms with van der Waals surface area (Å²) in [7, 11) is 0. The molecule has 0 spiro atoms. The average Bonchev–Trinajstić information content (AvgIpc) is 3.24. The lowest BCUT2D eigenvalue weighted by molar-refractivity contribution is 0.0636. The zero-order valence-corrected chi connectivity index (χ0v) is 27.0. The predicted molar refractivity (Wildman–Crippen MR) is 173 cm³/mol. The number of carbonyl (C=O) groups excluding carboxylic acids is 1. The first-order valence-electron chi connectivity index (χ1n) is 13.8. The molecular formula is C30H24Cl2F2N8O3S. The number of carbonyl (C=O) groups is 1. The molecule has 6 rings (SSSR count). The predicted octanol–water partition coefficient (Wildman–Crippen LogP) is 7.65. The number of nitrogen functional groups attached to an aromatic ring is 1. The molecule has 0 unspecified atom stereocenters. The number of nitrogens with two attached hydrogens (primary N) is 1. The number of pyridine rings is 2. The molecule has 0 radical (unpaired) electrons. The summed E-state index contributed by atoms with van der Waals surface area (Å²) in [5.41, 5.74) is 5.16. The van der Waals surface area contributed by atoms with Gasteiger partial charge in [-0.2, -0.15) is 10.2 Å². The number of nitrogens with one attached hydrogen (secondary N) is 1. The van der Waals surface area contributed by atoms with Gasteiger partial charge in [-0.25, -0.2) is 23.5 Å². The Labute approximate surface area is 274 Å². The second-order valence-electron chi connectivity index (χ2n) is 11.3. The molecule has 0 saturated heterocycles. The van der Waals surface area contributed by atoms with E-state index in [4.69, 9.17) is 38.4 Å². The monoisotopic (exact) mass is 684 g/mol. The number of rotatable bonds is 4. The number of thiophene rings is 1. The molecule has 0 bridgehead atoms. The molecule has 0 saturated carbocycles. The number of ether oxygens (including phenoxy) is 2. The van der Waals surface area contributed by atoms with Crippen molar-refractivity contribution in [2.24, 2.45) is 0 Å². The Morgan fingerprint density at radius 1 is 1.26 bits per heavy atom. The molecule has 1 aromatic carbocycles. The van der Waals surface area contributed by atoms with Crippen LogP contribution in [0.4, 0.5) is 30.2 Å². The van der Waals surface area contributed by atoms with Crippen molar-refractivity contribution in [2.45, 2.75) is 39.3 Å². The molecule has 5 heterocycles. The lowest BCUT2D eigenvalue weighted by Crippen LogP contribution is -2.31. The van der Waals surface area contributed by atoms with E-state index < -0.39 is 29.4 Å². The van der Waals surface area contributed by atoms with Gasteiger partial charge in [0.2, 0.25) is 5.28 Å². The summed E-state index contributed by atoms with van der Waals surface area (Å²) in [6, 6.07) is 5.15. The molecule has 236 valence electrons. The summed E-state index contributed by atoms with van der Waals surface area (Å²) < 4.78 is 43.3. The second kappa shape index (κ2) is 11.7. The molecule has 1 atom stereocenters. The number of hydrogen-bond donors (Lipinski definition) is 2. The van der Waals surface area contributed by atoms with E-state index in [0.29, 0.717) is 11.4 Å². The molecule has 4 aromatic heterocycles. The third-order valence-electron chi connectivity index (χ3n) is 7.21. The van der Waals surface area contributed by atoms with E-state index in [2.05, 4.69) is 25.3 Å². The number of aromatic nitrogens is 4. The lowest BCUT2D eigenvalue weighted by Gasteiger charge is -2.30. The van der Waals surface area contributed by atoms with Gasteiger partial charge in [0.25, 0.3) is 0 Å². The largest absolute Gasteiger partial charge is 0.489 e. The van der Waals surface area contributed by atoms with Crippen molar-refractivity contribution in [3.63, 3.8) is 0 Å². The van der Waals surface area contributed by atoms with Crippen LogP contribution >= 0.6 is 34.5 Å². The van der Waals surface area contributed by atoms with E-state index in [1.54, 1.807) is 33.0 Å². The van der Waals surface area contributed by atoms with Gasteiger partial charge < -0.3 is 20.1 Å². The van der Waals surface area contributed by atoms with Gasteiger partial charge in [0.1, 0.15) is 40.4 Å². The highest BCUT2D eigenvalue weighted by molar-refractivity contribution is 7.23. The molecule has 0 fully saturated rings. The maximum absolute atomic E-state index is 16.8. The molecule has 0 aliphatic carbocycles. The Morgan fingerprint density at radius 2 is 2.02 bits per heavy atom. The van der Waals surface area contributed by atoms with Crippen molar-refractivity contribution in [3.8, 4) is 23.1 Å². The van der Waals surface area contributed by atoms with Crippen LogP contribution in [-0.4, -0.2) is 44.8 Å². The average molecular weight is 686 g/mol. The Bertz CT molecular complexity index is 2120. The minimum atomic E-state index is -0.953. The van der Waals surface area contributed by atoms with Crippen LogP contribution in [0.25, 0.3) is 32.2 Å². The summed E-state index contributed by atoms with van der Waals surface area (Å²) in [5.74, 6) is -1.14. The highest BCUT2D eigenvalue weighted by Crippen LogP contribution is 2.51. The van der Waals surface area contributed by atoms with Crippen molar-refractivity contribution >= 4 is 78.3 Å². The van der Waals surface area contributed by atoms with Crippen molar-refractivity contribution in [2.75, 3.05) is 29.1 Å². The van der Waals surface area contributed by atoms with Gasteiger partial charge in [-0.3, -0.25) is 10.3 Å². The Balaban J connectivity index is 1.58. The summed E-state index contributed by atoms with van der Waals surface area (Å²) >= 11 is 14.0. The number of amides is 1. The number of anilines is 3. The van der Waals surface area contributed by atoms with Crippen LogP contribution < -0.4 is 20.7 Å².